The largest absolute Gasteiger partial charge is 0.394 e. The average molecular weight is 302 g/mol. The molecule has 1 aromatic rings. The lowest BCUT2D eigenvalue weighted by molar-refractivity contribution is -0.0535. The highest BCUT2D eigenvalue weighted by molar-refractivity contribution is 6.25. The molecule has 1 fully saturated rings. The standard InChI is InChI=1S/C14H18N6O2/c1-19-14-12-9(13(15)18-19)4-20(5-10(12)16-7-17-14)11-3-2-8(6-21)22-11/h4,7-8,11,21H,2-3,5-6H2,1H3,(H2,15,18)/t8-,11+/m0/s1. The summed E-state index contributed by atoms with van der Waals surface area (Å²) in [6, 6.07) is 0. The fraction of sp³-hybridized carbons (Fsp3) is 0.500. The van der Waals surface area contributed by atoms with Crippen LogP contribution in [0.3, 0.4) is 0 Å². The number of hydrogen-bond donors (Lipinski definition) is 2. The second-order valence-corrected chi connectivity index (χ2v) is 5.72. The van der Waals surface area contributed by atoms with E-state index in [1.807, 2.05) is 13.2 Å². The van der Waals surface area contributed by atoms with Crippen molar-refractivity contribution in [3.63, 3.8) is 0 Å². The number of aromatic nitrogens is 2. The van der Waals surface area contributed by atoms with Crippen molar-refractivity contribution in [2.45, 2.75) is 31.7 Å². The molecule has 0 radical (unpaired) electrons. The van der Waals surface area contributed by atoms with Crippen LogP contribution in [0.5, 0.6) is 0 Å². The first kappa shape index (κ1) is 13.5. The molecule has 0 aromatic carbocycles. The molecule has 0 aliphatic carbocycles. The Kier molecular flexibility index (Phi) is 3.02. The Morgan fingerprint density at radius 1 is 1.41 bits per heavy atom. The Bertz CT molecular complexity index is 673. The summed E-state index contributed by atoms with van der Waals surface area (Å²) in [6.45, 7) is 0.691. The molecule has 4 heterocycles. The van der Waals surface area contributed by atoms with Crippen molar-refractivity contribution < 1.29 is 9.84 Å². The Hall–Kier alpha value is -2.19. The minimum atomic E-state index is -0.0886. The van der Waals surface area contributed by atoms with Gasteiger partial charge in [0.25, 0.3) is 0 Å². The first-order valence-corrected chi connectivity index (χ1v) is 7.33. The van der Waals surface area contributed by atoms with Crippen LogP contribution < -0.4 is 10.7 Å². The number of rotatable bonds is 2. The molecule has 1 aromatic heterocycles. The first-order chi connectivity index (χ1) is 10.7. The van der Waals surface area contributed by atoms with Crippen LogP contribution in [-0.4, -0.2) is 51.8 Å². The summed E-state index contributed by atoms with van der Waals surface area (Å²) in [5.74, 6) is 1.22. The summed E-state index contributed by atoms with van der Waals surface area (Å²) in [7, 11) is 1.82. The van der Waals surface area contributed by atoms with Gasteiger partial charge in [0.15, 0.2) is 11.7 Å². The van der Waals surface area contributed by atoms with Crippen molar-refractivity contribution in [2.24, 2.45) is 10.8 Å². The third-order valence-corrected chi connectivity index (χ3v) is 4.30. The highest BCUT2D eigenvalue weighted by Gasteiger charge is 2.35. The maximum absolute atomic E-state index is 9.23. The molecular weight excluding hydrogens is 284 g/mol. The molecular formula is C14H18N6O2. The third kappa shape index (κ3) is 1.95. The van der Waals surface area contributed by atoms with Crippen LogP contribution in [0.2, 0.25) is 0 Å². The van der Waals surface area contributed by atoms with Crippen molar-refractivity contribution in [1.29, 1.82) is 0 Å². The van der Waals surface area contributed by atoms with Gasteiger partial charge in [-0.3, -0.25) is 0 Å². The van der Waals surface area contributed by atoms with Crippen molar-refractivity contribution in [1.82, 2.24) is 14.9 Å². The highest BCUT2D eigenvalue weighted by Crippen LogP contribution is 2.37. The lowest BCUT2D eigenvalue weighted by atomic mass is 9.99. The van der Waals surface area contributed by atoms with Crippen LogP contribution in [0.25, 0.3) is 5.57 Å². The molecule has 3 aliphatic heterocycles. The number of amidine groups is 1. The number of anilines is 1. The summed E-state index contributed by atoms with van der Waals surface area (Å²) in [5.41, 5.74) is 8.80. The number of aliphatic hydroxyl groups is 1. The van der Waals surface area contributed by atoms with Gasteiger partial charge in [0.2, 0.25) is 0 Å². The number of nitrogens with zero attached hydrogens (tertiary/aromatic N) is 5. The van der Waals surface area contributed by atoms with Crippen molar-refractivity contribution in [2.75, 3.05) is 18.7 Å². The highest BCUT2D eigenvalue weighted by atomic mass is 16.5. The second kappa shape index (κ2) is 4.92. The first-order valence-electron chi connectivity index (χ1n) is 7.33. The molecule has 3 aliphatic rings. The summed E-state index contributed by atoms with van der Waals surface area (Å²) < 4.78 is 5.86. The lowest BCUT2D eigenvalue weighted by Gasteiger charge is -2.35. The fourth-order valence-corrected chi connectivity index (χ4v) is 3.21. The smallest absolute Gasteiger partial charge is 0.160 e. The lowest BCUT2D eigenvalue weighted by Crippen LogP contribution is -2.38. The molecule has 0 saturated carbocycles. The average Bonchev–Trinajstić information content (AvgIpc) is 3.01. The van der Waals surface area contributed by atoms with Gasteiger partial charge >= 0.3 is 0 Å². The summed E-state index contributed by atoms with van der Waals surface area (Å²) in [4.78, 5) is 10.8. The quantitative estimate of drug-likeness (QED) is 0.783. The fourth-order valence-electron chi connectivity index (χ4n) is 3.21. The van der Waals surface area contributed by atoms with E-state index in [2.05, 4.69) is 20.0 Å². The molecule has 8 nitrogen and oxygen atoms in total. The van der Waals surface area contributed by atoms with E-state index in [4.69, 9.17) is 10.5 Å². The van der Waals surface area contributed by atoms with Gasteiger partial charge in [-0.15, -0.1) is 0 Å². The van der Waals surface area contributed by atoms with Gasteiger partial charge in [0, 0.05) is 18.8 Å². The molecule has 0 spiro atoms. The predicted molar refractivity (Wildman–Crippen MR) is 80.6 cm³/mol. The zero-order valence-electron chi connectivity index (χ0n) is 12.3. The maximum Gasteiger partial charge on any atom is 0.160 e. The van der Waals surface area contributed by atoms with Gasteiger partial charge in [-0.05, 0) is 12.8 Å². The predicted octanol–water partition coefficient (Wildman–Crippen LogP) is -0.147. The summed E-state index contributed by atoms with van der Waals surface area (Å²) in [5, 5.41) is 15.2. The van der Waals surface area contributed by atoms with Gasteiger partial charge in [-0.2, -0.15) is 5.10 Å². The van der Waals surface area contributed by atoms with Gasteiger partial charge in [-0.25, -0.2) is 15.0 Å². The van der Waals surface area contributed by atoms with E-state index in [0.29, 0.717) is 12.4 Å². The van der Waals surface area contributed by atoms with Crippen LogP contribution in [0.15, 0.2) is 17.6 Å². The molecule has 1 saturated heterocycles. The minimum Gasteiger partial charge on any atom is -0.394 e. The van der Waals surface area contributed by atoms with Crippen LogP contribution in [-0.2, 0) is 11.3 Å². The topological polar surface area (TPSA) is 100 Å². The number of aliphatic hydroxyl groups excluding tert-OH is 1. The molecule has 22 heavy (non-hydrogen) atoms. The van der Waals surface area contributed by atoms with E-state index >= 15 is 0 Å². The molecule has 0 amide bonds. The van der Waals surface area contributed by atoms with Gasteiger partial charge in [0.1, 0.15) is 12.6 Å². The van der Waals surface area contributed by atoms with Crippen LogP contribution in [0.4, 0.5) is 5.82 Å². The Balaban J connectivity index is 1.72. The Morgan fingerprint density at radius 3 is 3.05 bits per heavy atom. The summed E-state index contributed by atoms with van der Waals surface area (Å²) >= 11 is 0. The van der Waals surface area contributed by atoms with Crippen molar-refractivity contribution in [3.8, 4) is 0 Å². The number of nitrogens with two attached hydrogens (primary N) is 1. The maximum atomic E-state index is 9.23. The van der Waals surface area contributed by atoms with E-state index < -0.39 is 0 Å². The Morgan fingerprint density at radius 2 is 2.27 bits per heavy atom. The number of ether oxygens (including phenoxy) is 1. The molecule has 3 N–H and O–H groups in total. The monoisotopic (exact) mass is 302 g/mol. The van der Waals surface area contributed by atoms with E-state index in [1.165, 1.54) is 0 Å². The molecule has 0 unspecified atom stereocenters. The van der Waals surface area contributed by atoms with Gasteiger partial charge < -0.3 is 20.5 Å². The minimum absolute atomic E-state index is 0.0538. The molecule has 116 valence electrons. The van der Waals surface area contributed by atoms with Gasteiger partial charge in [-0.1, -0.05) is 0 Å². The Labute approximate surface area is 127 Å². The zero-order valence-corrected chi connectivity index (χ0v) is 12.3. The van der Waals surface area contributed by atoms with E-state index in [9.17, 15) is 5.11 Å². The molecule has 0 bridgehead atoms. The number of hydrazone groups is 1. The van der Waals surface area contributed by atoms with Crippen LogP contribution >= 0.6 is 0 Å². The van der Waals surface area contributed by atoms with Crippen molar-refractivity contribution >= 4 is 17.2 Å². The van der Waals surface area contributed by atoms with Gasteiger partial charge in [0.05, 0.1) is 30.5 Å². The van der Waals surface area contributed by atoms with E-state index in [-0.39, 0.29) is 18.9 Å². The number of hydrogen-bond acceptors (Lipinski definition) is 8. The normalized spacial score (nSPS) is 26.6. The van der Waals surface area contributed by atoms with Crippen molar-refractivity contribution in [3.05, 3.63) is 23.8 Å². The third-order valence-electron chi connectivity index (χ3n) is 4.30. The van der Waals surface area contributed by atoms with E-state index in [1.54, 1.807) is 11.3 Å². The van der Waals surface area contributed by atoms with Crippen LogP contribution in [0, 0.1) is 0 Å². The zero-order chi connectivity index (χ0) is 15.3. The SMILES string of the molecule is CN1N=C(N)C2=CN([C@H]3CC[C@@H](CO)O3)Cc3ncnc1c32. The molecule has 8 heteroatoms. The second-order valence-electron chi connectivity index (χ2n) is 5.72. The summed E-state index contributed by atoms with van der Waals surface area (Å²) in [6.07, 6.45) is 5.10. The van der Waals surface area contributed by atoms with Crippen LogP contribution in [0.1, 0.15) is 24.1 Å². The molecule has 4 rings (SSSR count). The van der Waals surface area contributed by atoms with E-state index in [0.717, 1.165) is 35.5 Å². The molecule has 2 atom stereocenters.